The van der Waals surface area contributed by atoms with Gasteiger partial charge in [0.05, 0.1) is 11.4 Å². The van der Waals surface area contributed by atoms with E-state index in [0.29, 0.717) is 5.71 Å². The number of para-hydroxylation sites is 1. The van der Waals surface area contributed by atoms with E-state index in [4.69, 9.17) is 9.40 Å². The molecule has 6 aromatic rings. The molecule has 3 aromatic heterocycles. The van der Waals surface area contributed by atoms with Crippen LogP contribution in [0.15, 0.2) is 102 Å². The van der Waals surface area contributed by atoms with E-state index < -0.39 is 0 Å². The van der Waals surface area contributed by atoms with Gasteiger partial charge in [0.25, 0.3) is 0 Å². The Morgan fingerprint density at radius 3 is 2.24 bits per heavy atom. The third kappa shape index (κ3) is 3.30. The first-order valence-corrected chi connectivity index (χ1v) is 11.1. The van der Waals surface area contributed by atoms with Gasteiger partial charge >= 0.3 is 0 Å². The van der Waals surface area contributed by atoms with Crippen molar-refractivity contribution in [3.05, 3.63) is 108 Å². The van der Waals surface area contributed by atoms with Gasteiger partial charge in [-0.2, -0.15) is 0 Å². The first-order valence-electron chi connectivity index (χ1n) is 11.1. The van der Waals surface area contributed by atoms with Gasteiger partial charge in [-0.15, -0.1) is 0 Å². The third-order valence-electron chi connectivity index (χ3n) is 6.24. The monoisotopic (exact) mass is 426 g/mol. The minimum atomic E-state index is 0.650. The summed E-state index contributed by atoms with van der Waals surface area (Å²) in [5.74, 6) is 0. The fourth-order valence-electron chi connectivity index (χ4n) is 4.63. The van der Waals surface area contributed by atoms with Gasteiger partial charge in [-0.25, -0.2) is 4.98 Å². The summed E-state index contributed by atoms with van der Waals surface area (Å²) in [6, 6.07) is 31.2. The Hall–Kier alpha value is -4.24. The van der Waals surface area contributed by atoms with Crippen LogP contribution in [-0.2, 0) is 0 Å². The van der Waals surface area contributed by atoms with Crippen LogP contribution in [0, 0.1) is 13.8 Å². The first-order chi connectivity index (χ1) is 16.2. The zero-order valence-corrected chi connectivity index (χ0v) is 18.5. The number of furan rings is 1. The molecule has 0 bridgehead atoms. The largest absolute Gasteiger partial charge is 0.437 e. The van der Waals surface area contributed by atoms with Crippen molar-refractivity contribution in [3.8, 4) is 33.6 Å². The van der Waals surface area contributed by atoms with Crippen molar-refractivity contribution in [2.45, 2.75) is 13.8 Å². The Bertz CT molecular complexity index is 1610. The van der Waals surface area contributed by atoms with Crippen LogP contribution in [0.2, 0.25) is 0 Å². The van der Waals surface area contributed by atoms with E-state index in [-0.39, 0.29) is 0 Å². The molecule has 158 valence electrons. The summed E-state index contributed by atoms with van der Waals surface area (Å²) in [5.41, 5.74) is 10.1. The van der Waals surface area contributed by atoms with E-state index in [0.717, 1.165) is 50.0 Å². The molecule has 0 aliphatic heterocycles. The molecule has 0 radical (unpaired) electrons. The molecule has 0 amide bonds. The molecule has 3 aromatic carbocycles. The summed E-state index contributed by atoms with van der Waals surface area (Å²) in [6.45, 7) is 4.24. The van der Waals surface area contributed by atoms with E-state index in [1.807, 2.05) is 18.3 Å². The molecule has 6 rings (SSSR count). The van der Waals surface area contributed by atoms with E-state index in [1.165, 1.54) is 11.1 Å². The zero-order valence-electron chi connectivity index (χ0n) is 18.5. The van der Waals surface area contributed by atoms with Gasteiger partial charge in [-0.05, 0) is 66.4 Å². The topological polar surface area (TPSA) is 38.9 Å². The van der Waals surface area contributed by atoms with Crippen molar-refractivity contribution in [1.82, 2.24) is 9.97 Å². The number of aromatic nitrogens is 2. The Kier molecular flexibility index (Phi) is 4.55. The van der Waals surface area contributed by atoms with E-state index in [2.05, 4.69) is 97.7 Å². The SMILES string of the molecule is Cc1cccc(C)c1-c1ccc2c(n1)oc1c(-c3cc(-c4ccccc4)ccn3)cccc12. The molecular formula is C30H22N2O. The summed E-state index contributed by atoms with van der Waals surface area (Å²) in [5, 5.41) is 2.07. The summed E-state index contributed by atoms with van der Waals surface area (Å²) in [6.07, 6.45) is 1.86. The molecule has 0 atom stereocenters. The van der Waals surface area contributed by atoms with Crippen molar-refractivity contribution >= 4 is 22.1 Å². The fourth-order valence-corrected chi connectivity index (χ4v) is 4.63. The number of fused-ring (bicyclic) bond motifs is 3. The van der Waals surface area contributed by atoms with E-state index in [1.54, 1.807) is 0 Å². The molecule has 0 fully saturated rings. The van der Waals surface area contributed by atoms with Gasteiger partial charge < -0.3 is 4.42 Å². The van der Waals surface area contributed by atoms with Gasteiger partial charge in [0.1, 0.15) is 5.58 Å². The average molecular weight is 427 g/mol. The molecule has 3 nitrogen and oxygen atoms in total. The minimum Gasteiger partial charge on any atom is -0.437 e. The second kappa shape index (κ2) is 7.72. The van der Waals surface area contributed by atoms with Gasteiger partial charge in [0, 0.05) is 28.1 Å². The number of benzene rings is 3. The second-order valence-corrected chi connectivity index (χ2v) is 8.40. The second-order valence-electron chi connectivity index (χ2n) is 8.40. The number of pyridine rings is 2. The lowest BCUT2D eigenvalue weighted by atomic mass is 9.99. The van der Waals surface area contributed by atoms with Gasteiger partial charge in [-0.3, -0.25) is 4.98 Å². The van der Waals surface area contributed by atoms with Crippen molar-refractivity contribution < 1.29 is 4.42 Å². The molecule has 0 aliphatic carbocycles. The highest BCUT2D eigenvalue weighted by Gasteiger charge is 2.16. The summed E-state index contributed by atoms with van der Waals surface area (Å²) in [4.78, 5) is 9.58. The Labute approximate surface area is 192 Å². The standard InChI is InChI=1S/C30H22N2O/c1-19-8-6-9-20(2)28(19)26-15-14-24-23-12-7-13-25(29(23)33-30(24)32-26)27-18-22(16-17-31-27)21-10-4-3-5-11-21/h3-18H,1-2H3. The predicted octanol–water partition coefficient (Wildman–Crippen LogP) is 7.99. The number of hydrogen-bond acceptors (Lipinski definition) is 3. The number of aryl methyl sites for hydroxylation is 2. The molecule has 3 heterocycles. The van der Waals surface area contributed by atoms with Crippen LogP contribution in [0.4, 0.5) is 0 Å². The maximum atomic E-state index is 6.37. The minimum absolute atomic E-state index is 0.650. The Morgan fingerprint density at radius 1 is 0.636 bits per heavy atom. The van der Waals surface area contributed by atoms with Crippen LogP contribution >= 0.6 is 0 Å². The lowest BCUT2D eigenvalue weighted by Crippen LogP contribution is -1.90. The van der Waals surface area contributed by atoms with E-state index >= 15 is 0 Å². The molecule has 0 unspecified atom stereocenters. The van der Waals surface area contributed by atoms with Crippen LogP contribution in [0.5, 0.6) is 0 Å². The third-order valence-corrected chi connectivity index (χ3v) is 6.24. The molecule has 0 aliphatic rings. The molecule has 0 saturated heterocycles. The lowest BCUT2D eigenvalue weighted by Gasteiger charge is -2.08. The smallest absolute Gasteiger partial charge is 0.227 e. The van der Waals surface area contributed by atoms with Crippen molar-refractivity contribution in [2.24, 2.45) is 0 Å². The van der Waals surface area contributed by atoms with Gasteiger partial charge in [0.15, 0.2) is 0 Å². The Balaban J connectivity index is 1.52. The zero-order chi connectivity index (χ0) is 22.4. The molecule has 0 spiro atoms. The molecule has 3 heteroatoms. The van der Waals surface area contributed by atoms with Crippen LogP contribution in [0.1, 0.15) is 11.1 Å². The Morgan fingerprint density at radius 2 is 1.42 bits per heavy atom. The van der Waals surface area contributed by atoms with Crippen molar-refractivity contribution in [3.63, 3.8) is 0 Å². The van der Waals surface area contributed by atoms with E-state index in [9.17, 15) is 0 Å². The van der Waals surface area contributed by atoms with Crippen molar-refractivity contribution in [1.29, 1.82) is 0 Å². The lowest BCUT2D eigenvalue weighted by molar-refractivity contribution is 0.655. The highest BCUT2D eigenvalue weighted by atomic mass is 16.3. The van der Waals surface area contributed by atoms with Crippen molar-refractivity contribution in [2.75, 3.05) is 0 Å². The summed E-state index contributed by atoms with van der Waals surface area (Å²) >= 11 is 0. The maximum absolute atomic E-state index is 6.37. The normalized spacial score (nSPS) is 11.3. The van der Waals surface area contributed by atoms with Gasteiger partial charge in [-0.1, -0.05) is 60.7 Å². The van der Waals surface area contributed by atoms with Crippen LogP contribution < -0.4 is 0 Å². The maximum Gasteiger partial charge on any atom is 0.227 e. The fraction of sp³-hybridized carbons (Fsp3) is 0.0667. The molecular weight excluding hydrogens is 404 g/mol. The highest BCUT2D eigenvalue weighted by Crippen LogP contribution is 2.37. The number of nitrogens with zero attached hydrogens (tertiary/aromatic N) is 2. The highest BCUT2D eigenvalue weighted by molar-refractivity contribution is 6.08. The van der Waals surface area contributed by atoms with Crippen LogP contribution in [0.3, 0.4) is 0 Å². The summed E-state index contributed by atoms with van der Waals surface area (Å²) < 4.78 is 6.37. The summed E-state index contributed by atoms with van der Waals surface area (Å²) in [7, 11) is 0. The molecule has 0 saturated carbocycles. The molecule has 33 heavy (non-hydrogen) atoms. The molecule has 0 N–H and O–H groups in total. The predicted molar refractivity (Wildman–Crippen MR) is 135 cm³/mol. The number of hydrogen-bond donors (Lipinski definition) is 0. The van der Waals surface area contributed by atoms with Gasteiger partial charge in [0.2, 0.25) is 5.71 Å². The quantitative estimate of drug-likeness (QED) is 0.288. The van der Waals surface area contributed by atoms with Crippen LogP contribution in [0.25, 0.3) is 55.7 Å². The average Bonchev–Trinajstić information content (AvgIpc) is 3.23. The first kappa shape index (κ1) is 19.4. The number of rotatable bonds is 3. The van der Waals surface area contributed by atoms with Crippen LogP contribution in [-0.4, -0.2) is 9.97 Å².